The molecule has 5 nitrogen and oxygen atoms in total. The first-order valence-electron chi connectivity index (χ1n) is 8.77. The van der Waals surface area contributed by atoms with Crippen molar-refractivity contribution in [2.75, 3.05) is 16.2 Å². The largest absolute Gasteiger partial charge is 0.324 e. The van der Waals surface area contributed by atoms with E-state index in [4.69, 9.17) is 34.8 Å². The van der Waals surface area contributed by atoms with E-state index in [0.29, 0.717) is 15.7 Å². The van der Waals surface area contributed by atoms with Gasteiger partial charge in [0.1, 0.15) is 6.54 Å². The van der Waals surface area contributed by atoms with Crippen LogP contribution in [0.25, 0.3) is 0 Å². The lowest BCUT2D eigenvalue weighted by atomic mass is 10.2. The maximum atomic E-state index is 13.3. The molecule has 30 heavy (non-hydrogen) atoms. The first-order chi connectivity index (χ1) is 14.2. The number of carbonyl (C=O) groups is 1. The summed E-state index contributed by atoms with van der Waals surface area (Å²) in [6.45, 7) is 1.34. The number of hydrogen-bond acceptors (Lipinski definition) is 3. The van der Waals surface area contributed by atoms with E-state index in [0.717, 1.165) is 9.87 Å². The Labute approximate surface area is 190 Å². The number of carbonyl (C=O) groups excluding carboxylic acids is 1. The van der Waals surface area contributed by atoms with Crippen molar-refractivity contribution in [3.8, 4) is 0 Å². The zero-order valence-corrected chi connectivity index (χ0v) is 18.9. The highest BCUT2D eigenvalue weighted by Gasteiger charge is 2.28. The molecule has 0 aromatic heterocycles. The van der Waals surface area contributed by atoms with Gasteiger partial charge in [-0.2, -0.15) is 0 Å². The number of amides is 1. The third kappa shape index (κ3) is 5.08. The Morgan fingerprint density at radius 3 is 2.27 bits per heavy atom. The van der Waals surface area contributed by atoms with Gasteiger partial charge in [0.25, 0.3) is 10.0 Å². The van der Waals surface area contributed by atoms with Gasteiger partial charge in [0.05, 0.1) is 15.6 Å². The van der Waals surface area contributed by atoms with Gasteiger partial charge in [-0.25, -0.2) is 8.42 Å². The minimum Gasteiger partial charge on any atom is -0.324 e. The number of sulfonamides is 1. The van der Waals surface area contributed by atoms with Crippen LogP contribution in [-0.4, -0.2) is 20.9 Å². The van der Waals surface area contributed by atoms with Gasteiger partial charge >= 0.3 is 0 Å². The van der Waals surface area contributed by atoms with Gasteiger partial charge in [-0.1, -0.05) is 59.1 Å². The number of halogens is 3. The van der Waals surface area contributed by atoms with E-state index >= 15 is 0 Å². The van der Waals surface area contributed by atoms with Gasteiger partial charge in [0.15, 0.2) is 0 Å². The summed E-state index contributed by atoms with van der Waals surface area (Å²) in [6, 6.07) is 17.2. The Balaban J connectivity index is 1.97. The number of benzene rings is 3. The first kappa shape index (κ1) is 22.4. The molecule has 0 spiro atoms. The molecular weight excluding hydrogens is 467 g/mol. The lowest BCUT2D eigenvalue weighted by Gasteiger charge is -2.25. The van der Waals surface area contributed by atoms with E-state index < -0.39 is 22.5 Å². The van der Waals surface area contributed by atoms with Crippen molar-refractivity contribution < 1.29 is 13.2 Å². The average Bonchev–Trinajstić information content (AvgIpc) is 2.70. The molecule has 0 atom stereocenters. The maximum absolute atomic E-state index is 13.3. The molecule has 0 unspecified atom stereocenters. The molecule has 0 saturated heterocycles. The molecule has 3 aromatic carbocycles. The van der Waals surface area contributed by atoms with Crippen molar-refractivity contribution >= 4 is 62.1 Å². The maximum Gasteiger partial charge on any atom is 0.264 e. The summed E-state index contributed by atoms with van der Waals surface area (Å²) in [5, 5.41) is 3.61. The number of nitrogens with one attached hydrogen (secondary N) is 1. The van der Waals surface area contributed by atoms with Crippen LogP contribution in [0, 0.1) is 6.92 Å². The summed E-state index contributed by atoms with van der Waals surface area (Å²) in [7, 11) is -4.07. The third-order valence-electron chi connectivity index (χ3n) is 4.25. The smallest absolute Gasteiger partial charge is 0.264 e. The van der Waals surface area contributed by atoms with Gasteiger partial charge in [0, 0.05) is 15.7 Å². The molecule has 156 valence electrons. The van der Waals surface area contributed by atoms with E-state index in [2.05, 4.69) is 5.32 Å². The summed E-state index contributed by atoms with van der Waals surface area (Å²) in [4.78, 5) is 12.7. The topological polar surface area (TPSA) is 66.5 Å². The van der Waals surface area contributed by atoms with E-state index in [1.807, 2.05) is 6.92 Å². The molecule has 3 rings (SSSR count). The molecule has 1 amide bonds. The van der Waals surface area contributed by atoms with Gasteiger partial charge in [-0.05, 0) is 55.0 Å². The summed E-state index contributed by atoms with van der Waals surface area (Å²) < 4.78 is 27.5. The molecule has 0 fully saturated rings. The van der Waals surface area contributed by atoms with E-state index in [1.165, 1.54) is 30.3 Å². The van der Waals surface area contributed by atoms with Crippen molar-refractivity contribution in [3.63, 3.8) is 0 Å². The standard InChI is InChI=1S/C21H17Cl3N2O3S/c1-14-7-9-16(12-18(14)23)25-21(27)13-26(20-10-8-15(22)11-19(20)24)30(28,29)17-5-3-2-4-6-17/h2-12H,13H2,1H3,(H,25,27). The minimum absolute atomic E-state index is 0.0298. The Bertz CT molecular complexity index is 1190. The predicted molar refractivity (Wildman–Crippen MR) is 122 cm³/mol. The van der Waals surface area contributed by atoms with E-state index in [1.54, 1.807) is 36.4 Å². The second-order valence-electron chi connectivity index (χ2n) is 6.43. The summed E-state index contributed by atoms with van der Waals surface area (Å²) in [5.41, 5.74) is 1.45. The van der Waals surface area contributed by atoms with Crippen LogP contribution < -0.4 is 9.62 Å². The summed E-state index contributed by atoms with van der Waals surface area (Å²) in [5.74, 6) is -0.555. The molecule has 3 aromatic rings. The molecule has 1 N–H and O–H groups in total. The van der Waals surface area contributed by atoms with Crippen molar-refractivity contribution in [3.05, 3.63) is 87.4 Å². The predicted octanol–water partition coefficient (Wildman–Crippen LogP) is 5.79. The van der Waals surface area contributed by atoms with Crippen LogP contribution in [0.2, 0.25) is 15.1 Å². The van der Waals surface area contributed by atoms with Crippen LogP contribution in [0.15, 0.2) is 71.6 Å². The number of nitrogens with zero attached hydrogens (tertiary/aromatic N) is 1. The monoisotopic (exact) mass is 482 g/mol. The quantitative estimate of drug-likeness (QED) is 0.482. The van der Waals surface area contributed by atoms with Crippen molar-refractivity contribution in [2.45, 2.75) is 11.8 Å². The fourth-order valence-electron chi connectivity index (χ4n) is 2.70. The van der Waals surface area contributed by atoms with Crippen LogP contribution in [0.3, 0.4) is 0 Å². The second kappa shape index (κ2) is 9.27. The molecule has 0 radical (unpaired) electrons. The lowest BCUT2D eigenvalue weighted by molar-refractivity contribution is -0.114. The Kier molecular flexibility index (Phi) is 6.93. The molecule has 0 heterocycles. The van der Waals surface area contributed by atoms with Gasteiger partial charge in [0.2, 0.25) is 5.91 Å². The van der Waals surface area contributed by atoms with E-state index in [-0.39, 0.29) is 15.6 Å². The Hall–Kier alpha value is -2.25. The van der Waals surface area contributed by atoms with Gasteiger partial charge in [-0.15, -0.1) is 0 Å². The molecule has 0 bridgehead atoms. The summed E-state index contributed by atoms with van der Waals surface area (Å²) >= 11 is 18.3. The van der Waals surface area contributed by atoms with Crippen molar-refractivity contribution in [1.29, 1.82) is 0 Å². The molecular formula is C21H17Cl3N2O3S. The normalized spacial score (nSPS) is 11.2. The van der Waals surface area contributed by atoms with Crippen molar-refractivity contribution in [2.24, 2.45) is 0 Å². The molecule has 0 aliphatic rings. The number of rotatable bonds is 6. The third-order valence-corrected chi connectivity index (χ3v) is 6.97. The second-order valence-corrected chi connectivity index (χ2v) is 9.55. The highest BCUT2D eigenvalue weighted by Crippen LogP contribution is 2.32. The fourth-order valence-corrected chi connectivity index (χ4v) is 4.91. The zero-order chi connectivity index (χ0) is 21.9. The SMILES string of the molecule is Cc1ccc(NC(=O)CN(c2ccc(Cl)cc2Cl)S(=O)(=O)c2ccccc2)cc1Cl. The van der Waals surface area contributed by atoms with E-state index in [9.17, 15) is 13.2 Å². The van der Waals surface area contributed by atoms with Crippen LogP contribution in [0.1, 0.15) is 5.56 Å². The molecule has 0 aliphatic heterocycles. The number of aryl methyl sites for hydroxylation is 1. The number of hydrogen-bond donors (Lipinski definition) is 1. The van der Waals surface area contributed by atoms with Crippen LogP contribution in [0.4, 0.5) is 11.4 Å². The Morgan fingerprint density at radius 1 is 0.933 bits per heavy atom. The fraction of sp³-hybridized carbons (Fsp3) is 0.0952. The average molecular weight is 484 g/mol. The Morgan fingerprint density at radius 2 is 1.63 bits per heavy atom. The van der Waals surface area contributed by atoms with Crippen LogP contribution >= 0.6 is 34.8 Å². The van der Waals surface area contributed by atoms with Gasteiger partial charge in [-0.3, -0.25) is 9.10 Å². The molecule has 9 heteroatoms. The zero-order valence-electron chi connectivity index (χ0n) is 15.8. The number of anilines is 2. The lowest BCUT2D eigenvalue weighted by Crippen LogP contribution is -2.38. The van der Waals surface area contributed by atoms with Crippen LogP contribution in [-0.2, 0) is 14.8 Å². The highest BCUT2D eigenvalue weighted by molar-refractivity contribution is 7.92. The highest BCUT2D eigenvalue weighted by atomic mass is 35.5. The van der Waals surface area contributed by atoms with Crippen molar-refractivity contribution in [1.82, 2.24) is 0 Å². The first-order valence-corrected chi connectivity index (χ1v) is 11.3. The van der Waals surface area contributed by atoms with Crippen LogP contribution in [0.5, 0.6) is 0 Å². The van der Waals surface area contributed by atoms with Gasteiger partial charge < -0.3 is 5.32 Å². The molecule has 0 aliphatic carbocycles. The minimum atomic E-state index is -4.07. The molecule has 0 saturated carbocycles. The summed E-state index contributed by atoms with van der Waals surface area (Å²) in [6.07, 6.45) is 0.